The predicted octanol–water partition coefficient (Wildman–Crippen LogP) is 4.38. The van der Waals surface area contributed by atoms with E-state index in [2.05, 4.69) is 60.2 Å². The van der Waals surface area contributed by atoms with Gasteiger partial charge in [-0.3, -0.25) is 0 Å². The van der Waals surface area contributed by atoms with Crippen molar-refractivity contribution in [3.05, 3.63) is 41.1 Å². The zero-order chi connectivity index (χ0) is 16.4. The van der Waals surface area contributed by atoms with Crippen molar-refractivity contribution < 1.29 is 0 Å². The van der Waals surface area contributed by atoms with Gasteiger partial charge in [0, 0.05) is 30.5 Å². The minimum absolute atomic E-state index is 0.684. The molecule has 122 valence electrons. The van der Waals surface area contributed by atoms with Crippen molar-refractivity contribution in [3.63, 3.8) is 0 Å². The summed E-state index contributed by atoms with van der Waals surface area (Å²) in [6, 6.07) is 8.51. The Bertz CT molecular complexity index is 668. The fourth-order valence-electron chi connectivity index (χ4n) is 3.18. The third kappa shape index (κ3) is 4.01. The Hall–Kier alpha value is -2.10. The van der Waals surface area contributed by atoms with E-state index in [1.807, 2.05) is 6.92 Å². The second-order valence-electron chi connectivity index (χ2n) is 6.86. The molecule has 4 heteroatoms. The number of anilines is 3. The molecule has 0 amide bonds. The van der Waals surface area contributed by atoms with Gasteiger partial charge in [-0.05, 0) is 62.8 Å². The van der Waals surface area contributed by atoms with Crippen LogP contribution in [-0.2, 0) is 0 Å². The second kappa shape index (κ2) is 6.57. The summed E-state index contributed by atoms with van der Waals surface area (Å²) in [5.41, 5.74) is 4.53. The van der Waals surface area contributed by atoms with Crippen molar-refractivity contribution in [2.45, 2.75) is 40.5 Å². The predicted molar refractivity (Wildman–Crippen MR) is 96.6 cm³/mol. The molecule has 2 aromatic rings. The molecule has 1 saturated heterocycles. The molecule has 1 aliphatic heterocycles. The highest BCUT2D eigenvalue weighted by atomic mass is 15.2. The smallest absolute Gasteiger partial charge is 0.229 e. The lowest BCUT2D eigenvalue weighted by Crippen LogP contribution is -2.33. The highest BCUT2D eigenvalue weighted by molar-refractivity contribution is 5.58. The van der Waals surface area contributed by atoms with Gasteiger partial charge in [0.15, 0.2) is 0 Å². The number of nitrogens with zero attached hydrogens (tertiary/aromatic N) is 3. The fourth-order valence-corrected chi connectivity index (χ4v) is 3.18. The first-order chi connectivity index (χ1) is 11.0. The lowest BCUT2D eigenvalue weighted by atomic mass is 9.99. The quantitative estimate of drug-likeness (QED) is 0.913. The van der Waals surface area contributed by atoms with Crippen LogP contribution in [0.25, 0.3) is 0 Å². The maximum Gasteiger partial charge on any atom is 0.229 e. The first kappa shape index (κ1) is 15.8. The number of hydrogen-bond acceptors (Lipinski definition) is 4. The van der Waals surface area contributed by atoms with Gasteiger partial charge in [0.1, 0.15) is 5.82 Å². The van der Waals surface area contributed by atoms with E-state index in [-0.39, 0.29) is 0 Å². The lowest BCUT2D eigenvalue weighted by molar-refractivity contribution is 0.436. The van der Waals surface area contributed by atoms with Crippen LogP contribution in [0, 0.1) is 26.7 Å². The number of hydrogen-bond donors (Lipinski definition) is 1. The summed E-state index contributed by atoms with van der Waals surface area (Å²) >= 11 is 0. The zero-order valence-electron chi connectivity index (χ0n) is 14.6. The molecule has 1 N–H and O–H groups in total. The van der Waals surface area contributed by atoms with Gasteiger partial charge in [0.05, 0.1) is 0 Å². The molecule has 3 rings (SSSR count). The highest BCUT2D eigenvalue weighted by Gasteiger charge is 2.18. The van der Waals surface area contributed by atoms with E-state index in [4.69, 9.17) is 4.98 Å². The summed E-state index contributed by atoms with van der Waals surface area (Å²) in [4.78, 5) is 11.7. The Morgan fingerprint density at radius 1 is 0.957 bits per heavy atom. The number of benzene rings is 1. The van der Waals surface area contributed by atoms with Crippen molar-refractivity contribution >= 4 is 17.5 Å². The summed E-state index contributed by atoms with van der Waals surface area (Å²) in [5, 5.41) is 3.37. The average molecular weight is 310 g/mol. The van der Waals surface area contributed by atoms with Crippen molar-refractivity contribution in [1.29, 1.82) is 0 Å². The molecule has 0 spiro atoms. The molecular formula is C19H26N4. The summed E-state index contributed by atoms with van der Waals surface area (Å²) in [6.45, 7) is 10.7. The van der Waals surface area contributed by atoms with Crippen molar-refractivity contribution in [2.75, 3.05) is 23.3 Å². The SMILES string of the molecule is Cc1cc(C)cc(Nc2nc(C)cc(N3CCC(C)CC3)n2)c1. The van der Waals surface area contributed by atoms with E-state index >= 15 is 0 Å². The Balaban J connectivity index is 1.82. The van der Waals surface area contributed by atoms with Crippen LogP contribution in [0.2, 0.25) is 0 Å². The molecular weight excluding hydrogens is 284 g/mol. The topological polar surface area (TPSA) is 41.1 Å². The van der Waals surface area contributed by atoms with E-state index in [9.17, 15) is 0 Å². The molecule has 0 saturated carbocycles. The normalized spacial score (nSPS) is 15.7. The maximum absolute atomic E-state index is 4.74. The molecule has 23 heavy (non-hydrogen) atoms. The van der Waals surface area contributed by atoms with Crippen LogP contribution in [-0.4, -0.2) is 23.1 Å². The van der Waals surface area contributed by atoms with Gasteiger partial charge >= 0.3 is 0 Å². The van der Waals surface area contributed by atoms with E-state index in [1.165, 1.54) is 24.0 Å². The minimum Gasteiger partial charge on any atom is -0.356 e. The Morgan fingerprint density at radius 3 is 2.26 bits per heavy atom. The summed E-state index contributed by atoms with van der Waals surface area (Å²) in [7, 11) is 0. The number of nitrogens with one attached hydrogen (secondary N) is 1. The molecule has 0 atom stereocenters. The Morgan fingerprint density at radius 2 is 1.61 bits per heavy atom. The van der Waals surface area contributed by atoms with Gasteiger partial charge in [-0.2, -0.15) is 4.98 Å². The molecule has 0 unspecified atom stereocenters. The standard InChI is InChI=1S/C19H26N4/c1-13-5-7-23(8-6-13)18-12-16(4)20-19(22-18)21-17-10-14(2)9-15(3)11-17/h9-13H,5-8H2,1-4H3,(H,20,21,22). The highest BCUT2D eigenvalue weighted by Crippen LogP contribution is 2.24. The molecule has 1 aromatic heterocycles. The molecule has 4 nitrogen and oxygen atoms in total. The third-order valence-electron chi connectivity index (χ3n) is 4.43. The minimum atomic E-state index is 0.684. The molecule has 0 radical (unpaired) electrons. The van der Waals surface area contributed by atoms with Crippen LogP contribution >= 0.6 is 0 Å². The molecule has 0 bridgehead atoms. The van der Waals surface area contributed by atoms with Gasteiger partial charge in [-0.1, -0.05) is 13.0 Å². The van der Waals surface area contributed by atoms with Crippen LogP contribution in [0.4, 0.5) is 17.5 Å². The van der Waals surface area contributed by atoms with Crippen LogP contribution in [0.1, 0.15) is 36.6 Å². The number of rotatable bonds is 3. The largest absolute Gasteiger partial charge is 0.356 e. The maximum atomic E-state index is 4.74. The van der Waals surface area contributed by atoms with Crippen LogP contribution in [0.15, 0.2) is 24.3 Å². The van der Waals surface area contributed by atoms with E-state index in [0.717, 1.165) is 36.2 Å². The van der Waals surface area contributed by atoms with Gasteiger partial charge in [-0.25, -0.2) is 4.98 Å². The number of piperidine rings is 1. The van der Waals surface area contributed by atoms with Gasteiger partial charge in [0.2, 0.25) is 5.95 Å². The number of aryl methyl sites for hydroxylation is 3. The Labute approximate surface area is 139 Å². The first-order valence-electron chi connectivity index (χ1n) is 8.45. The average Bonchev–Trinajstić information content (AvgIpc) is 2.46. The van der Waals surface area contributed by atoms with Crippen molar-refractivity contribution in [3.8, 4) is 0 Å². The fraction of sp³-hybridized carbons (Fsp3) is 0.474. The second-order valence-corrected chi connectivity index (χ2v) is 6.86. The first-order valence-corrected chi connectivity index (χ1v) is 8.45. The van der Waals surface area contributed by atoms with E-state index < -0.39 is 0 Å². The van der Waals surface area contributed by atoms with E-state index in [0.29, 0.717) is 5.95 Å². The van der Waals surface area contributed by atoms with E-state index in [1.54, 1.807) is 0 Å². The lowest BCUT2D eigenvalue weighted by Gasteiger charge is -2.31. The third-order valence-corrected chi connectivity index (χ3v) is 4.43. The monoisotopic (exact) mass is 310 g/mol. The van der Waals surface area contributed by atoms with Crippen LogP contribution < -0.4 is 10.2 Å². The summed E-state index contributed by atoms with van der Waals surface area (Å²) in [5.74, 6) is 2.54. The molecule has 1 fully saturated rings. The summed E-state index contributed by atoms with van der Waals surface area (Å²) in [6.07, 6.45) is 2.48. The van der Waals surface area contributed by atoms with Crippen LogP contribution in [0.5, 0.6) is 0 Å². The van der Waals surface area contributed by atoms with Crippen LogP contribution in [0.3, 0.4) is 0 Å². The molecule has 2 heterocycles. The van der Waals surface area contributed by atoms with Gasteiger partial charge in [-0.15, -0.1) is 0 Å². The zero-order valence-corrected chi connectivity index (χ0v) is 14.6. The number of aromatic nitrogens is 2. The molecule has 1 aromatic carbocycles. The van der Waals surface area contributed by atoms with Gasteiger partial charge < -0.3 is 10.2 Å². The summed E-state index contributed by atoms with van der Waals surface area (Å²) < 4.78 is 0. The Kier molecular flexibility index (Phi) is 4.51. The molecule has 0 aliphatic carbocycles. The van der Waals surface area contributed by atoms with Crippen molar-refractivity contribution in [1.82, 2.24) is 9.97 Å². The van der Waals surface area contributed by atoms with Gasteiger partial charge in [0.25, 0.3) is 0 Å². The molecule has 1 aliphatic rings. The van der Waals surface area contributed by atoms with Crippen molar-refractivity contribution in [2.24, 2.45) is 5.92 Å².